The van der Waals surface area contributed by atoms with E-state index in [4.69, 9.17) is 4.74 Å². The average Bonchev–Trinajstić information content (AvgIpc) is 3.16. The molecule has 3 aromatic rings. The van der Waals surface area contributed by atoms with Gasteiger partial charge in [0.1, 0.15) is 5.75 Å². The summed E-state index contributed by atoms with van der Waals surface area (Å²) in [6, 6.07) is 20.3. The van der Waals surface area contributed by atoms with Crippen LogP contribution >= 0.6 is 11.8 Å². The van der Waals surface area contributed by atoms with Crippen LogP contribution in [0, 0.1) is 0 Å². The maximum atomic E-state index is 12.9. The minimum Gasteiger partial charge on any atom is -0.497 e. The molecule has 0 radical (unpaired) electrons. The number of hydrogen-bond donors (Lipinski definition) is 2. The van der Waals surface area contributed by atoms with Crippen molar-refractivity contribution in [2.24, 2.45) is 0 Å². The summed E-state index contributed by atoms with van der Waals surface area (Å²) in [6.45, 7) is 0.102. The van der Waals surface area contributed by atoms with Crippen molar-refractivity contribution in [3.05, 3.63) is 89.5 Å². The van der Waals surface area contributed by atoms with Gasteiger partial charge in [-0.15, -0.1) is 0 Å². The van der Waals surface area contributed by atoms with Gasteiger partial charge in [0.2, 0.25) is 5.91 Å². The second-order valence-corrected chi connectivity index (χ2v) is 8.35. The fourth-order valence-electron chi connectivity index (χ4n) is 3.41. The molecule has 172 valence electrons. The van der Waals surface area contributed by atoms with E-state index in [1.807, 2.05) is 0 Å². The van der Waals surface area contributed by atoms with Crippen molar-refractivity contribution in [2.45, 2.75) is 6.54 Å². The molecular weight excluding hydrogens is 454 g/mol. The van der Waals surface area contributed by atoms with Crippen LogP contribution in [0.15, 0.2) is 72.8 Å². The van der Waals surface area contributed by atoms with Crippen LogP contribution in [0.25, 0.3) is 0 Å². The van der Waals surface area contributed by atoms with E-state index in [0.717, 1.165) is 11.8 Å². The van der Waals surface area contributed by atoms with Gasteiger partial charge in [-0.1, -0.05) is 42.1 Å². The molecule has 34 heavy (non-hydrogen) atoms. The fourth-order valence-corrected chi connectivity index (χ4v) is 4.14. The molecule has 1 fully saturated rings. The summed E-state index contributed by atoms with van der Waals surface area (Å²) in [6.07, 6.45) is 0. The van der Waals surface area contributed by atoms with Crippen molar-refractivity contribution >= 4 is 46.1 Å². The zero-order valence-corrected chi connectivity index (χ0v) is 19.1. The molecular formula is C25H21N3O5S. The summed E-state index contributed by atoms with van der Waals surface area (Å²) < 4.78 is 5.18. The Morgan fingerprint density at radius 3 is 2.50 bits per heavy atom. The van der Waals surface area contributed by atoms with Gasteiger partial charge in [-0.25, -0.2) is 0 Å². The van der Waals surface area contributed by atoms with Gasteiger partial charge in [0.25, 0.3) is 17.1 Å². The molecule has 0 spiro atoms. The van der Waals surface area contributed by atoms with Gasteiger partial charge < -0.3 is 15.4 Å². The van der Waals surface area contributed by atoms with E-state index in [0.29, 0.717) is 33.8 Å². The number of nitrogens with zero attached hydrogens (tertiary/aromatic N) is 1. The van der Waals surface area contributed by atoms with Crippen molar-refractivity contribution in [2.75, 3.05) is 23.5 Å². The highest BCUT2D eigenvalue weighted by Crippen LogP contribution is 2.23. The van der Waals surface area contributed by atoms with Gasteiger partial charge in [-0.2, -0.15) is 0 Å². The van der Waals surface area contributed by atoms with Crippen molar-refractivity contribution in [3.8, 4) is 5.75 Å². The predicted octanol–water partition coefficient (Wildman–Crippen LogP) is 4.40. The molecule has 8 nitrogen and oxygen atoms in total. The van der Waals surface area contributed by atoms with E-state index in [2.05, 4.69) is 10.6 Å². The molecule has 3 aromatic carbocycles. The highest BCUT2D eigenvalue weighted by molar-refractivity contribution is 8.14. The largest absolute Gasteiger partial charge is 0.497 e. The molecule has 0 saturated carbocycles. The quantitative estimate of drug-likeness (QED) is 0.525. The van der Waals surface area contributed by atoms with Crippen LogP contribution < -0.4 is 15.4 Å². The van der Waals surface area contributed by atoms with Crippen LogP contribution in [-0.4, -0.2) is 40.7 Å². The lowest BCUT2D eigenvalue weighted by Crippen LogP contribution is -2.28. The van der Waals surface area contributed by atoms with E-state index < -0.39 is 5.91 Å². The van der Waals surface area contributed by atoms with Crippen molar-refractivity contribution in [3.63, 3.8) is 0 Å². The number of thioether (sulfide) groups is 1. The SMILES string of the molecule is COc1cccc(NC(=O)c2ccccc2NC(=O)c2cccc(CN3C(=O)CSC3=O)c2)c1. The number of para-hydroxylation sites is 1. The molecule has 0 aliphatic carbocycles. The Bertz CT molecular complexity index is 1260. The lowest BCUT2D eigenvalue weighted by atomic mass is 10.1. The molecule has 2 N–H and O–H groups in total. The lowest BCUT2D eigenvalue weighted by molar-refractivity contribution is -0.125. The molecule has 0 atom stereocenters. The summed E-state index contributed by atoms with van der Waals surface area (Å²) in [5.41, 5.74) is 2.19. The summed E-state index contributed by atoms with van der Waals surface area (Å²) >= 11 is 0.965. The van der Waals surface area contributed by atoms with Crippen molar-refractivity contribution in [1.29, 1.82) is 0 Å². The van der Waals surface area contributed by atoms with Crippen LogP contribution in [0.5, 0.6) is 5.75 Å². The standard InChI is InChI=1S/C25H21N3O5S/c1-33-19-9-5-8-18(13-19)26-24(31)20-10-2-3-11-21(20)27-23(30)17-7-4-6-16(12-17)14-28-22(29)15-34-25(28)32/h2-13H,14-15H2,1H3,(H,26,31)(H,27,30). The molecule has 1 heterocycles. The predicted molar refractivity (Wildman–Crippen MR) is 130 cm³/mol. The van der Waals surface area contributed by atoms with Gasteiger partial charge >= 0.3 is 0 Å². The van der Waals surface area contributed by atoms with E-state index >= 15 is 0 Å². The summed E-state index contributed by atoms with van der Waals surface area (Å²) in [4.78, 5) is 50.7. The highest BCUT2D eigenvalue weighted by atomic mass is 32.2. The third kappa shape index (κ3) is 5.26. The minimum absolute atomic E-state index is 0.102. The van der Waals surface area contributed by atoms with Gasteiger partial charge in [0.05, 0.1) is 30.7 Å². The zero-order valence-electron chi connectivity index (χ0n) is 18.2. The summed E-state index contributed by atoms with van der Waals surface area (Å²) in [7, 11) is 1.54. The Balaban J connectivity index is 1.49. The van der Waals surface area contributed by atoms with Gasteiger partial charge in [0, 0.05) is 17.3 Å². The molecule has 1 aliphatic heterocycles. The second-order valence-electron chi connectivity index (χ2n) is 7.42. The highest BCUT2D eigenvalue weighted by Gasteiger charge is 2.29. The Hall–Kier alpha value is -4.11. The number of amides is 4. The number of ether oxygens (including phenoxy) is 1. The number of methoxy groups -OCH3 is 1. The second kappa shape index (κ2) is 10.2. The van der Waals surface area contributed by atoms with Gasteiger partial charge in [-0.3, -0.25) is 24.1 Å². The van der Waals surface area contributed by atoms with Crippen LogP contribution in [0.2, 0.25) is 0 Å². The Kier molecular flexibility index (Phi) is 6.93. The molecule has 0 bridgehead atoms. The number of carbonyl (C=O) groups excluding carboxylic acids is 4. The van der Waals surface area contributed by atoms with Crippen LogP contribution in [0.4, 0.5) is 16.2 Å². The molecule has 9 heteroatoms. The molecule has 4 rings (SSSR count). The molecule has 4 amide bonds. The number of anilines is 2. The number of carbonyl (C=O) groups is 4. The number of nitrogens with one attached hydrogen (secondary N) is 2. The Morgan fingerprint density at radius 2 is 1.74 bits per heavy atom. The fraction of sp³-hybridized carbons (Fsp3) is 0.120. The smallest absolute Gasteiger partial charge is 0.289 e. The average molecular weight is 476 g/mol. The first kappa shape index (κ1) is 23.1. The third-order valence-corrected chi connectivity index (χ3v) is 5.98. The Morgan fingerprint density at radius 1 is 0.941 bits per heavy atom. The van der Waals surface area contributed by atoms with Crippen LogP contribution in [0.1, 0.15) is 26.3 Å². The monoisotopic (exact) mass is 475 g/mol. The van der Waals surface area contributed by atoms with Crippen LogP contribution in [0.3, 0.4) is 0 Å². The third-order valence-electron chi connectivity index (χ3n) is 5.12. The van der Waals surface area contributed by atoms with Crippen LogP contribution in [-0.2, 0) is 11.3 Å². The van der Waals surface area contributed by atoms with Gasteiger partial charge in [-0.05, 0) is 42.0 Å². The van der Waals surface area contributed by atoms with E-state index in [-0.39, 0.29) is 29.4 Å². The molecule has 1 aliphatic rings. The van der Waals surface area contributed by atoms with Gasteiger partial charge in [0.15, 0.2) is 0 Å². The zero-order chi connectivity index (χ0) is 24.1. The maximum absolute atomic E-state index is 12.9. The van der Waals surface area contributed by atoms with E-state index in [1.54, 1.807) is 79.9 Å². The number of rotatable bonds is 7. The minimum atomic E-state index is -0.420. The lowest BCUT2D eigenvalue weighted by Gasteiger charge is -2.14. The van der Waals surface area contributed by atoms with E-state index in [1.165, 1.54) is 4.90 Å². The summed E-state index contributed by atoms with van der Waals surface area (Å²) in [5.74, 6) is -0.317. The maximum Gasteiger partial charge on any atom is 0.289 e. The molecule has 1 saturated heterocycles. The summed E-state index contributed by atoms with van der Waals surface area (Å²) in [5, 5.41) is 5.29. The first-order chi connectivity index (χ1) is 16.4. The topological polar surface area (TPSA) is 105 Å². The van der Waals surface area contributed by atoms with Crippen molar-refractivity contribution < 1.29 is 23.9 Å². The van der Waals surface area contributed by atoms with Crippen molar-refractivity contribution in [1.82, 2.24) is 4.90 Å². The first-order valence-corrected chi connectivity index (χ1v) is 11.3. The molecule has 0 unspecified atom stereocenters. The Labute approximate surface area is 200 Å². The first-order valence-electron chi connectivity index (χ1n) is 10.4. The van der Waals surface area contributed by atoms with E-state index in [9.17, 15) is 19.2 Å². The number of benzene rings is 3. The number of imide groups is 1. The number of hydrogen-bond acceptors (Lipinski definition) is 6. The molecule has 0 aromatic heterocycles. The normalized spacial score (nSPS) is 13.0.